The maximum absolute atomic E-state index is 13.1. The number of ketones is 1. The summed E-state index contributed by atoms with van der Waals surface area (Å²) >= 11 is 1.41. The lowest BCUT2D eigenvalue weighted by Gasteiger charge is -2.35. The van der Waals surface area contributed by atoms with Crippen molar-refractivity contribution in [3.05, 3.63) is 52.7 Å². The van der Waals surface area contributed by atoms with E-state index in [4.69, 9.17) is 4.74 Å². The van der Waals surface area contributed by atoms with Crippen molar-refractivity contribution in [3.63, 3.8) is 0 Å². The number of fused-ring (bicyclic) bond motifs is 2. The summed E-state index contributed by atoms with van der Waals surface area (Å²) in [5.41, 5.74) is 2.65. The summed E-state index contributed by atoms with van der Waals surface area (Å²) in [5, 5.41) is 1.31. The van der Waals surface area contributed by atoms with Gasteiger partial charge in [-0.2, -0.15) is 0 Å². The Morgan fingerprint density at radius 2 is 1.97 bits per heavy atom. The van der Waals surface area contributed by atoms with Crippen LogP contribution >= 0.6 is 11.3 Å². The molecule has 1 fully saturated rings. The first-order chi connectivity index (χ1) is 17.5. The highest BCUT2D eigenvalue weighted by Gasteiger charge is 2.29. The van der Waals surface area contributed by atoms with E-state index in [0.717, 1.165) is 65.8 Å². The molecule has 1 aliphatic heterocycles. The fourth-order valence-corrected chi connectivity index (χ4v) is 6.72. The van der Waals surface area contributed by atoms with Gasteiger partial charge in [0.25, 0.3) is 11.6 Å². The first-order valence-corrected chi connectivity index (χ1v) is 13.8. The van der Waals surface area contributed by atoms with Gasteiger partial charge in [-0.3, -0.25) is 14.7 Å². The number of pyridine rings is 1. The maximum atomic E-state index is 13.1. The van der Waals surface area contributed by atoms with E-state index in [-0.39, 0.29) is 5.78 Å². The largest absolute Gasteiger partial charge is 0.464 e. The van der Waals surface area contributed by atoms with E-state index in [1.165, 1.54) is 24.2 Å². The van der Waals surface area contributed by atoms with E-state index in [1.807, 2.05) is 30.3 Å². The predicted molar refractivity (Wildman–Crippen MR) is 138 cm³/mol. The molecule has 0 radical (unpaired) electrons. The first-order valence-electron chi connectivity index (χ1n) is 13.0. The Kier molecular flexibility index (Phi) is 7.91. The standard InChI is InChI=1S/C28H33F2N3O2S/c1-18-14-26-24(32-28(36-26)35-17-27(29)30)16-33(18)13-11-19-7-9-20(10-8-19)15-25(34)22-4-2-6-23-21(22)5-3-12-31-23/h2-6,12,18-20,27H,7-11,13-17H2,1H3. The molecule has 2 aliphatic rings. The molecule has 0 bridgehead atoms. The Morgan fingerprint density at radius 1 is 1.17 bits per heavy atom. The minimum atomic E-state index is -2.48. The smallest absolute Gasteiger partial charge is 0.273 e. The van der Waals surface area contributed by atoms with Crippen LogP contribution in [0.1, 0.15) is 66.4 Å². The van der Waals surface area contributed by atoms with E-state index in [9.17, 15) is 13.6 Å². The van der Waals surface area contributed by atoms with Crippen LogP contribution < -0.4 is 4.74 Å². The highest BCUT2D eigenvalue weighted by Crippen LogP contribution is 2.36. The number of hydrogen-bond donors (Lipinski definition) is 0. The lowest BCUT2D eigenvalue weighted by atomic mass is 9.78. The number of carbonyl (C=O) groups is 1. The van der Waals surface area contributed by atoms with Crippen molar-refractivity contribution in [1.82, 2.24) is 14.9 Å². The Hall–Kier alpha value is -2.45. The van der Waals surface area contributed by atoms with Crippen molar-refractivity contribution in [3.8, 4) is 5.19 Å². The second-order valence-electron chi connectivity index (χ2n) is 10.3. The van der Waals surface area contributed by atoms with Crippen LogP contribution in [0.5, 0.6) is 5.19 Å². The number of carbonyl (C=O) groups excluding carboxylic acids is 1. The molecule has 5 rings (SSSR count). The van der Waals surface area contributed by atoms with Gasteiger partial charge in [0.2, 0.25) is 0 Å². The molecule has 192 valence electrons. The lowest BCUT2D eigenvalue weighted by molar-refractivity contribution is 0.0814. The molecule has 3 heterocycles. The summed E-state index contributed by atoms with van der Waals surface area (Å²) < 4.78 is 30.0. The van der Waals surface area contributed by atoms with E-state index in [2.05, 4.69) is 21.8 Å². The molecule has 1 atom stereocenters. The Labute approximate surface area is 214 Å². The van der Waals surface area contributed by atoms with Gasteiger partial charge in [0.15, 0.2) is 12.4 Å². The van der Waals surface area contributed by atoms with Crippen LogP contribution in [0.3, 0.4) is 0 Å². The molecule has 5 nitrogen and oxygen atoms in total. The third-order valence-corrected chi connectivity index (χ3v) is 8.79. The van der Waals surface area contributed by atoms with Gasteiger partial charge in [-0.25, -0.2) is 13.8 Å². The Morgan fingerprint density at radius 3 is 2.78 bits per heavy atom. The highest BCUT2D eigenvalue weighted by molar-refractivity contribution is 7.13. The third kappa shape index (κ3) is 5.92. The molecule has 1 aliphatic carbocycles. The van der Waals surface area contributed by atoms with E-state index < -0.39 is 13.0 Å². The van der Waals surface area contributed by atoms with E-state index in [1.54, 1.807) is 6.20 Å². The minimum Gasteiger partial charge on any atom is -0.464 e. The zero-order valence-electron chi connectivity index (χ0n) is 20.7. The molecule has 3 aromatic rings. The van der Waals surface area contributed by atoms with Crippen LogP contribution in [0.2, 0.25) is 0 Å². The molecule has 36 heavy (non-hydrogen) atoms. The van der Waals surface area contributed by atoms with Crippen LogP contribution in [-0.4, -0.2) is 46.3 Å². The number of thiazole rings is 1. The van der Waals surface area contributed by atoms with Crippen molar-refractivity contribution in [1.29, 1.82) is 0 Å². The van der Waals surface area contributed by atoms with Crippen molar-refractivity contribution >= 4 is 28.0 Å². The van der Waals surface area contributed by atoms with Gasteiger partial charge in [-0.1, -0.05) is 42.4 Å². The number of alkyl halides is 2. The molecular weight excluding hydrogens is 480 g/mol. The fourth-order valence-electron chi connectivity index (χ4n) is 5.68. The number of aromatic nitrogens is 2. The molecule has 1 saturated carbocycles. The molecule has 8 heteroatoms. The second kappa shape index (κ2) is 11.3. The van der Waals surface area contributed by atoms with Gasteiger partial charge in [0.1, 0.15) is 0 Å². The summed E-state index contributed by atoms with van der Waals surface area (Å²) in [6.07, 6.45) is 6.50. The van der Waals surface area contributed by atoms with Crippen molar-refractivity contribution in [2.24, 2.45) is 11.8 Å². The molecule has 0 N–H and O–H groups in total. The normalized spacial score (nSPS) is 22.6. The molecular formula is C28H33F2N3O2S. The minimum absolute atomic E-state index is 0.232. The zero-order chi connectivity index (χ0) is 25.1. The van der Waals surface area contributed by atoms with Gasteiger partial charge >= 0.3 is 0 Å². The number of ether oxygens (including phenoxy) is 1. The van der Waals surface area contributed by atoms with Crippen LogP contribution in [-0.2, 0) is 13.0 Å². The van der Waals surface area contributed by atoms with Crippen molar-refractivity contribution in [2.75, 3.05) is 13.2 Å². The Balaban J connectivity index is 1.09. The van der Waals surface area contributed by atoms with Crippen LogP contribution in [0, 0.1) is 11.8 Å². The van der Waals surface area contributed by atoms with Crippen molar-refractivity contribution in [2.45, 2.75) is 70.9 Å². The molecule has 0 spiro atoms. The summed E-state index contributed by atoms with van der Waals surface area (Å²) in [7, 11) is 0. The number of hydrogen-bond acceptors (Lipinski definition) is 6. The first kappa shape index (κ1) is 25.2. The topological polar surface area (TPSA) is 55.3 Å². The Bertz CT molecular complexity index is 1190. The number of rotatable bonds is 9. The van der Waals surface area contributed by atoms with E-state index in [0.29, 0.717) is 29.5 Å². The second-order valence-corrected chi connectivity index (χ2v) is 11.3. The summed E-state index contributed by atoms with van der Waals surface area (Å²) in [4.78, 5) is 25.5. The van der Waals surface area contributed by atoms with E-state index >= 15 is 0 Å². The monoisotopic (exact) mass is 513 g/mol. The van der Waals surface area contributed by atoms with Crippen LogP contribution in [0.25, 0.3) is 10.9 Å². The average molecular weight is 514 g/mol. The van der Waals surface area contributed by atoms with Crippen LogP contribution in [0.15, 0.2) is 36.5 Å². The third-order valence-electron chi connectivity index (χ3n) is 7.76. The maximum Gasteiger partial charge on any atom is 0.273 e. The van der Waals surface area contributed by atoms with Gasteiger partial charge in [-0.05, 0) is 63.1 Å². The van der Waals surface area contributed by atoms with Gasteiger partial charge < -0.3 is 4.74 Å². The number of nitrogens with zero attached hydrogens (tertiary/aromatic N) is 3. The molecule has 1 unspecified atom stereocenters. The van der Waals surface area contributed by atoms with Gasteiger partial charge in [-0.15, -0.1) is 0 Å². The van der Waals surface area contributed by atoms with Crippen molar-refractivity contribution < 1.29 is 18.3 Å². The van der Waals surface area contributed by atoms with Gasteiger partial charge in [0.05, 0.1) is 11.2 Å². The predicted octanol–water partition coefficient (Wildman–Crippen LogP) is 6.55. The molecule has 0 saturated heterocycles. The molecule has 1 aromatic carbocycles. The fraction of sp³-hybridized carbons (Fsp3) is 0.536. The summed E-state index contributed by atoms with van der Waals surface area (Å²) in [5.74, 6) is 1.38. The number of benzene rings is 1. The van der Waals surface area contributed by atoms with Gasteiger partial charge in [0, 0.05) is 41.0 Å². The lowest BCUT2D eigenvalue weighted by Crippen LogP contribution is -2.39. The number of halogens is 2. The number of Topliss-reactive ketones (excluding diaryl/α,β-unsaturated/α-hetero) is 1. The quantitative estimate of drug-likeness (QED) is 0.304. The summed E-state index contributed by atoms with van der Waals surface area (Å²) in [6.45, 7) is 3.41. The SMILES string of the molecule is CC1Cc2sc(OCC(F)F)nc2CN1CCC1CCC(CC(=O)c2cccc3ncccc23)CC1. The molecule has 0 amide bonds. The summed E-state index contributed by atoms with van der Waals surface area (Å²) in [6, 6.07) is 10.1. The molecule has 2 aromatic heterocycles. The average Bonchev–Trinajstić information content (AvgIpc) is 3.28. The highest BCUT2D eigenvalue weighted by atomic mass is 32.1. The zero-order valence-corrected chi connectivity index (χ0v) is 21.5. The van der Waals surface area contributed by atoms with Crippen LogP contribution in [0.4, 0.5) is 8.78 Å².